The number of nitrogens with one attached hydrogen (secondary N) is 1. The molecule has 2 aromatic rings. The van der Waals surface area contributed by atoms with Crippen molar-refractivity contribution in [3.05, 3.63) is 24.2 Å². The van der Waals surface area contributed by atoms with Gasteiger partial charge in [0.2, 0.25) is 0 Å². The average Bonchev–Trinajstić information content (AvgIpc) is 2.91. The number of hydrogen-bond acceptors (Lipinski definition) is 3. The lowest BCUT2D eigenvalue weighted by molar-refractivity contribution is 0.300. The van der Waals surface area contributed by atoms with E-state index in [4.69, 9.17) is 0 Å². The van der Waals surface area contributed by atoms with E-state index < -0.39 is 0 Å². The molecule has 0 aliphatic heterocycles. The number of anilines is 1. The fraction of sp³-hybridized carbons (Fsp3) is 0.647. The van der Waals surface area contributed by atoms with Crippen LogP contribution in [0, 0.1) is 11.8 Å². The van der Waals surface area contributed by atoms with E-state index in [9.17, 15) is 0 Å². The summed E-state index contributed by atoms with van der Waals surface area (Å²) in [5.74, 6) is 3.11. The smallest absolute Gasteiger partial charge is 0.152 e. The number of nitrogens with zero attached hydrogens (tertiary/aromatic N) is 3. The zero-order valence-corrected chi connectivity index (χ0v) is 13.3. The van der Waals surface area contributed by atoms with Gasteiger partial charge in [-0.2, -0.15) is 5.10 Å². The molecule has 1 aliphatic carbocycles. The Balaban J connectivity index is 1.71. The maximum absolute atomic E-state index is 4.61. The Hall–Kier alpha value is -1.58. The third kappa shape index (κ3) is 3.20. The first-order valence-corrected chi connectivity index (χ1v) is 8.21. The first-order valence-electron chi connectivity index (χ1n) is 8.21. The minimum Gasteiger partial charge on any atom is -0.368 e. The summed E-state index contributed by atoms with van der Waals surface area (Å²) in [7, 11) is 0. The van der Waals surface area contributed by atoms with Crippen LogP contribution < -0.4 is 5.32 Å². The lowest BCUT2D eigenvalue weighted by Gasteiger charge is -2.26. The van der Waals surface area contributed by atoms with Gasteiger partial charge in [-0.1, -0.05) is 33.6 Å². The molecule has 21 heavy (non-hydrogen) atoms. The molecule has 0 saturated heterocycles. The Kier molecular flexibility index (Phi) is 4.13. The van der Waals surface area contributed by atoms with Gasteiger partial charge in [0.1, 0.15) is 5.52 Å². The van der Waals surface area contributed by atoms with Crippen molar-refractivity contribution in [1.29, 1.82) is 0 Å². The van der Waals surface area contributed by atoms with Gasteiger partial charge >= 0.3 is 0 Å². The van der Waals surface area contributed by atoms with E-state index in [0.29, 0.717) is 5.92 Å². The highest BCUT2D eigenvalue weighted by atomic mass is 15.2. The van der Waals surface area contributed by atoms with Gasteiger partial charge in [-0.3, -0.25) is 0 Å². The van der Waals surface area contributed by atoms with Crippen LogP contribution in [-0.2, 0) is 0 Å². The lowest BCUT2D eigenvalue weighted by atomic mass is 9.83. The third-order valence-corrected chi connectivity index (χ3v) is 4.69. The van der Waals surface area contributed by atoms with E-state index >= 15 is 0 Å². The molecule has 2 aromatic heterocycles. The minimum absolute atomic E-state index is 0.442. The summed E-state index contributed by atoms with van der Waals surface area (Å²) in [5, 5.41) is 8.17. The summed E-state index contributed by atoms with van der Waals surface area (Å²) in [4.78, 5) is 4.51. The molecular formula is C17H26N4. The second-order valence-electron chi connectivity index (χ2n) is 6.84. The minimum atomic E-state index is 0.442. The standard InChI is InChI=1S/C17H26N4/c1-12(2)15-10-16-17(18-8-9-21(16)20-15)19-11-14-6-4-13(3)5-7-14/h8-10,12-14H,4-7,11H2,1-3H3,(H,18,19). The van der Waals surface area contributed by atoms with Gasteiger partial charge in [-0.15, -0.1) is 0 Å². The highest BCUT2D eigenvalue weighted by molar-refractivity contribution is 5.67. The SMILES string of the molecule is CC1CCC(CNc2nccn3nc(C(C)C)cc23)CC1. The van der Waals surface area contributed by atoms with Crippen molar-refractivity contribution in [2.75, 3.05) is 11.9 Å². The van der Waals surface area contributed by atoms with E-state index in [2.05, 4.69) is 42.2 Å². The van der Waals surface area contributed by atoms with E-state index in [1.165, 1.54) is 25.7 Å². The Bertz CT molecular complexity index is 594. The Morgan fingerprint density at radius 2 is 2.05 bits per heavy atom. The summed E-state index contributed by atoms with van der Waals surface area (Å²) in [6, 6.07) is 2.16. The highest BCUT2D eigenvalue weighted by Crippen LogP contribution is 2.28. The van der Waals surface area contributed by atoms with Crippen molar-refractivity contribution in [2.45, 2.75) is 52.4 Å². The van der Waals surface area contributed by atoms with Crippen LogP contribution in [-0.4, -0.2) is 21.1 Å². The van der Waals surface area contributed by atoms with Crippen LogP contribution in [0.5, 0.6) is 0 Å². The van der Waals surface area contributed by atoms with Gasteiger partial charge in [0.25, 0.3) is 0 Å². The van der Waals surface area contributed by atoms with E-state index in [0.717, 1.165) is 35.4 Å². The topological polar surface area (TPSA) is 42.2 Å². The van der Waals surface area contributed by atoms with Gasteiger partial charge < -0.3 is 5.32 Å². The fourth-order valence-electron chi connectivity index (χ4n) is 3.13. The van der Waals surface area contributed by atoms with Gasteiger partial charge in [0, 0.05) is 18.9 Å². The molecule has 4 heteroatoms. The summed E-state index contributed by atoms with van der Waals surface area (Å²) >= 11 is 0. The molecule has 3 rings (SSSR count). The number of aromatic nitrogens is 3. The maximum atomic E-state index is 4.61. The molecule has 0 radical (unpaired) electrons. The van der Waals surface area contributed by atoms with E-state index in [1.807, 2.05) is 16.9 Å². The van der Waals surface area contributed by atoms with Gasteiger partial charge in [0.15, 0.2) is 5.82 Å². The zero-order chi connectivity index (χ0) is 14.8. The van der Waals surface area contributed by atoms with Crippen LogP contribution in [0.1, 0.15) is 58.1 Å². The quantitative estimate of drug-likeness (QED) is 0.920. The molecule has 0 aromatic carbocycles. The molecule has 0 atom stereocenters. The molecule has 114 valence electrons. The summed E-state index contributed by atoms with van der Waals surface area (Å²) in [6.45, 7) is 7.74. The Morgan fingerprint density at radius 3 is 2.76 bits per heavy atom. The molecule has 2 heterocycles. The van der Waals surface area contributed by atoms with Crippen LogP contribution >= 0.6 is 0 Å². The number of fused-ring (bicyclic) bond motifs is 1. The van der Waals surface area contributed by atoms with Crippen molar-refractivity contribution in [2.24, 2.45) is 11.8 Å². The fourth-order valence-corrected chi connectivity index (χ4v) is 3.13. The molecule has 1 N–H and O–H groups in total. The van der Waals surface area contributed by atoms with Crippen molar-refractivity contribution < 1.29 is 0 Å². The first-order chi connectivity index (χ1) is 10.1. The van der Waals surface area contributed by atoms with Crippen LogP contribution in [0.3, 0.4) is 0 Å². The molecule has 1 saturated carbocycles. The summed E-state index contributed by atoms with van der Waals surface area (Å²) in [5.41, 5.74) is 2.21. The highest BCUT2D eigenvalue weighted by Gasteiger charge is 2.18. The predicted octanol–water partition coefficient (Wildman–Crippen LogP) is 4.09. The third-order valence-electron chi connectivity index (χ3n) is 4.69. The monoisotopic (exact) mass is 286 g/mol. The average molecular weight is 286 g/mol. The maximum Gasteiger partial charge on any atom is 0.152 e. The Morgan fingerprint density at radius 1 is 1.29 bits per heavy atom. The van der Waals surface area contributed by atoms with Crippen LogP contribution in [0.25, 0.3) is 5.52 Å². The van der Waals surface area contributed by atoms with E-state index in [-0.39, 0.29) is 0 Å². The van der Waals surface area contributed by atoms with Crippen LogP contribution in [0.4, 0.5) is 5.82 Å². The first kappa shape index (κ1) is 14.4. The van der Waals surface area contributed by atoms with Crippen molar-refractivity contribution >= 4 is 11.3 Å². The normalized spacial score (nSPS) is 22.9. The predicted molar refractivity (Wildman–Crippen MR) is 86.7 cm³/mol. The molecule has 0 amide bonds. The summed E-state index contributed by atoms with van der Waals surface area (Å²) < 4.78 is 1.94. The molecule has 0 spiro atoms. The molecule has 1 fully saturated rings. The molecule has 0 unspecified atom stereocenters. The van der Waals surface area contributed by atoms with E-state index in [1.54, 1.807) is 0 Å². The second-order valence-corrected chi connectivity index (χ2v) is 6.84. The molecule has 1 aliphatic rings. The lowest BCUT2D eigenvalue weighted by Crippen LogP contribution is -2.20. The molecule has 0 bridgehead atoms. The number of hydrogen-bond donors (Lipinski definition) is 1. The van der Waals surface area contributed by atoms with Crippen molar-refractivity contribution in [3.8, 4) is 0 Å². The van der Waals surface area contributed by atoms with Gasteiger partial charge in [0.05, 0.1) is 5.69 Å². The van der Waals surface area contributed by atoms with Gasteiger partial charge in [-0.25, -0.2) is 9.50 Å². The van der Waals surface area contributed by atoms with Crippen molar-refractivity contribution in [3.63, 3.8) is 0 Å². The van der Waals surface area contributed by atoms with Crippen LogP contribution in [0.15, 0.2) is 18.5 Å². The zero-order valence-electron chi connectivity index (χ0n) is 13.3. The van der Waals surface area contributed by atoms with Gasteiger partial charge in [-0.05, 0) is 36.7 Å². The molecule has 4 nitrogen and oxygen atoms in total. The van der Waals surface area contributed by atoms with Crippen LogP contribution in [0.2, 0.25) is 0 Å². The molecular weight excluding hydrogens is 260 g/mol. The van der Waals surface area contributed by atoms with Crippen molar-refractivity contribution in [1.82, 2.24) is 14.6 Å². The largest absolute Gasteiger partial charge is 0.368 e. The second kappa shape index (κ2) is 6.04. The Labute approximate surface area is 127 Å². The number of rotatable bonds is 4. The summed E-state index contributed by atoms with van der Waals surface area (Å²) in [6.07, 6.45) is 9.17.